The van der Waals surface area contributed by atoms with E-state index in [1.165, 1.54) is 10.5 Å². The first kappa shape index (κ1) is 18.7. The van der Waals surface area contributed by atoms with Crippen LogP contribution in [0.2, 0.25) is 0 Å². The third-order valence-electron chi connectivity index (χ3n) is 5.45. The molecule has 0 aromatic carbocycles. The molecule has 0 amide bonds. The zero-order chi connectivity index (χ0) is 17.9. The molecule has 3 heterocycles. The third-order valence-corrected chi connectivity index (χ3v) is 5.45. The summed E-state index contributed by atoms with van der Waals surface area (Å²) in [4.78, 5) is 26.0. The minimum Gasteiger partial charge on any atom is -1.00 e. The smallest absolute Gasteiger partial charge is 0.341 e. The van der Waals surface area contributed by atoms with Gasteiger partial charge in [0, 0.05) is 6.54 Å². The molecule has 1 saturated heterocycles. The van der Waals surface area contributed by atoms with Crippen molar-refractivity contribution in [1.29, 1.82) is 0 Å². The molecule has 1 unspecified atom stereocenters. The predicted molar refractivity (Wildman–Crippen MR) is 90.8 cm³/mol. The first-order valence-electron chi connectivity index (χ1n) is 8.61. The van der Waals surface area contributed by atoms with Crippen molar-refractivity contribution in [3.8, 4) is 0 Å². The molecular formula is C18H21ClFN3O3. The monoisotopic (exact) mass is 381 g/mol. The van der Waals surface area contributed by atoms with Gasteiger partial charge in [0.15, 0.2) is 5.82 Å². The summed E-state index contributed by atoms with van der Waals surface area (Å²) in [5.41, 5.74) is 5.65. The van der Waals surface area contributed by atoms with E-state index in [4.69, 9.17) is 0 Å². The summed E-state index contributed by atoms with van der Waals surface area (Å²) in [6, 6.07) is 1.70. The number of carbonyl (C=O) groups is 1. The molecule has 140 valence electrons. The van der Waals surface area contributed by atoms with Gasteiger partial charge < -0.3 is 28.1 Å². The SMILES string of the molecule is Cc1c(N2CCC2C[NH3+])c(F)cn2c(=O)c(C(=O)O)cc(C3CC3)c12.[Cl-]. The molecule has 0 spiro atoms. The van der Waals surface area contributed by atoms with Crippen molar-refractivity contribution in [1.82, 2.24) is 4.40 Å². The Kier molecular flexibility index (Phi) is 4.71. The molecule has 1 aliphatic carbocycles. The predicted octanol–water partition coefficient (Wildman–Crippen LogP) is -1.85. The molecule has 6 nitrogen and oxygen atoms in total. The van der Waals surface area contributed by atoms with Gasteiger partial charge in [0.1, 0.15) is 5.56 Å². The Bertz CT molecular complexity index is 953. The van der Waals surface area contributed by atoms with Gasteiger partial charge in [-0.1, -0.05) is 0 Å². The number of carboxylic acid groups (broad SMARTS) is 1. The molecule has 4 N–H and O–H groups in total. The number of hydrogen-bond acceptors (Lipinski definition) is 3. The molecule has 0 bridgehead atoms. The maximum atomic E-state index is 14.9. The second-order valence-corrected chi connectivity index (χ2v) is 6.99. The number of nitrogens with zero attached hydrogens (tertiary/aromatic N) is 2. The number of rotatable bonds is 4. The fourth-order valence-electron chi connectivity index (χ4n) is 3.89. The number of carboxylic acids is 1. The number of pyridine rings is 2. The lowest BCUT2D eigenvalue weighted by atomic mass is 9.97. The fraction of sp³-hybridized carbons (Fsp3) is 0.444. The van der Waals surface area contributed by atoms with Crippen molar-refractivity contribution >= 4 is 17.2 Å². The maximum absolute atomic E-state index is 14.9. The Balaban J connectivity index is 0.00000196. The summed E-state index contributed by atoms with van der Waals surface area (Å²) >= 11 is 0. The largest absolute Gasteiger partial charge is 1.00 e. The van der Waals surface area contributed by atoms with Gasteiger partial charge in [-0.15, -0.1) is 0 Å². The van der Waals surface area contributed by atoms with Gasteiger partial charge >= 0.3 is 5.97 Å². The van der Waals surface area contributed by atoms with Crippen LogP contribution in [0.15, 0.2) is 17.1 Å². The van der Waals surface area contributed by atoms with Crippen molar-refractivity contribution in [3.63, 3.8) is 0 Å². The van der Waals surface area contributed by atoms with Crippen LogP contribution in [0.5, 0.6) is 0 Å². The summed E-state index contributed by atoms with van der Waals surface area (Å²) in [5, 5.41) is 9.32. The molecule has 2 aliphatic rings. The van der Waals surface area contributed by atoms with Crippen LogP contribution in [0.25, 0.3) is 5.52 Å². The Morgan fingerprint density at radius 1 is 1.38 bits per heavy atom. The van der Waals surface area contributed by atoms with Crippen LogP contribution in [-0.2, 0) is 0 Å². The minimum absolute atomic E-state index is 0. The standard InChI is InChI=1S/C18H20FN3O3.ClH/c1-9-15-12(10-2-3-10)6-13(18(24)25)17(23)22(15)8-14(19)16(9)21-5-4-11(21)7-20;/h6,8,10-11H,2-5,7,20H2,1H3,(H,24,25);1H. The van der Waals surface area contributed by atoms with E-state index in [0.29, 0.717) is 23.3 Å². The topological polar surface area (TPSA) is 89.7 Å². The summed E-state index contributed by atoms with van der Waals surface area (Å²) < 4.78 is 16.0. The quantitative estimate of drug-likeness (QED) is 0.650. The second kappa shape index (κ2) is 6.55. The maximum Gasteiger partial charge on any atom is 0.341 e. The van der Waals surface area contributed by atoms with Gasteiger partial charge in [-0.05, 0) is 49.3 Å². The highest BCUT2D eigenvalue weighted by molar-refractivity contribution is 5.89. The molecule has 26 heavy (non-hydrogen) atoms. The van der Waals surface area contributed by atoms with E-state index in [0.717, 1.165) is 37.6 Å². The lowest BCUT2D eigenvalue weighted by Crippen LogP contribution is -3.00. The number of halogens is 2. The molecule has 2 fully saturated rings. The normalized spacial score (nSPS) is 19.2. The highest BCUT2D eigenvalue weighted by Gasteiger charge is 2.34. The van der Waals surface area contributed by atoms with Gasteiger partial charge in [0.05, 0.1) is 30.0 Å². The Hall–Kier alpha value is -2.12. The fourth-order valence-corrected chi connectivity index (χ4v) is 3.89. The van der Waals surface area contributed by atoms with E-state index in [9.17, 15) is 19.1 Å². The van der Waals surface area contributed by atoms with Crippen LogP contribution in [0, 0.1) is 12.7 Å². The van der Waals surface area contributed by atoms with Gasteiger partial charge in [0.25, 0.3) is 5.56 Å². The molecular weight excluding hydrogens is 361 g/mol. The Labute approximate surface area is 155 Å². The molecule has 1 aliphatic heterocycles. The van der Waals surface area contributed by atoms with E-state index in [1.807, 2.05) is 11.8 Å². The first-order chi connectivity index (χ1) is 11.9. The van der Waals surface area contributed by atoms with Gasteiger partial charge in [-0.3, -0.25) is 9.20 Å². The average molecular weight is 382 g/mol. The molecule has 2 aromatic rings. The first-order valence-corrected chi connectivity index (χ1v) is 8.61. The van der Waals surface area contributed by atoms with Crippen LogP contribution >= 0.6 is 0 Å². The van der Waals surface area contributed by atoms with Gasteiger partial charge in [-0.2, -0.15) is 0 Å². The Morgan fingerprint density at radius 2 is 2.08 bits per heavy atom. The van der Waals surface area contributed by atoms with Crippen LogP contribution in [0.3, 0.4) is 0 Å². The zero-order valence-electron chi connectivity index (χ0n) is 14.5. The van der Waals surface area contributed by atoms with Crippen molar-refractivity contribution in [3.05, 3.63) is 45.1 Å². The van der Waals surface area contributed by atoms with Crippen LogP contribution in [0.4, 0.5) is 10.1 Å². The average Bonchev–Trinajstić information content (AvgIpc) is 3.36. The molecule has 2 aromatic heterocycles. The zero-order valence-corrected chi connectivity index (χ0v) is 15.2. The van der Waals surface area contributed by atoms with Gasteiger partial charge in [0.2, 0.25) is 0 Å². The molecule has 0 radical (unpaired) electrons. The minimum atomic E-state index is -1.27. The lowest BCUT2D eigenvalue weighted by Gasteiger charge is -2.42. The van der Waals surface area contributed by atoms with E-state index in [1.54, 1.807) is 0 Å². The number of anilines is 1. The Morgan fingerprint density at radius 3 is 2.58 bits per heavy atom. The summed E-state index contributed by atoms with van der Waals surface area (Å²) in [5.74, 6) is -1.52. The number of fused-ring (bicyclic) bond motifs is 1. The van der Waals surface area contributed by atoms with Crippen molar-refractivity contribution < 1.29 is 32.4 Å². The highest BCUT2D eigenvalue weighted by Crippen LogP contribution is 2.44. The molecule has 4 rings (SSSR count). The van der Waals surface area contributed by atoms with Crippen molar-refractivity contribution in [2.24, 2.45) is 0 Å². The van der Waals surface area contributed by atoms with E-state index < -0.39 is 17.3 Å². The lowest BCUT2D eigenvalue weighted by molar-refractivity contribution is -0.373. The molecule has 1 atom stereocenters. The van der Waals surface area contributed by atoms with E-state index >= 15 is 0 Å². The van der Waals surface area contributed by atoms with Crippen LogP contribution in [0.1, 0.15) is 46.7 Å². The number of aryl methyl sites for hydroxylation is 1. The summed E-state index contributed by atoms with van der Waals surface area (Å²) in [6.07, 6.45) is 4.05. The van der Waals surface area contributed by atoms with Crippen molar-refractivity contribution in [2.75, 3.05) is 18.0 Å². The summed E-state index contributed by atoms with van der Waals surface area (Å²) in [7, 11) is 0. The number of quaternary nitrogens is 1. The highest BCUT2D eigenvalue weighted by atomic mass is 35.5. The molecule has 1 saturated carbocycles. The number of aromatic carboxylic acids is 1. The third kappa shape index (κ3) is 2.66. The van der Waals surface area contributed by atoms with Crippen LogP contribution in [-0.4, -0.2) is 34.6 Å². The number of aromatic nitrogens is 1. The molecule has 8 heteroatoms. The summed E-state index contributed by atoms with van der Waals surface area (Å²) in [6.45, 7) is 3.28. The van der Waals surface area contributed by atoms with Crippen LogP contribution < -0.4 is 28.6 Å². The van der Waals surface area contributed by atoms with E-state index in [2.05, 4.69) is 5.73 Å². The van der Waals surface area contributed by atoms with E-state index in [-0.39, 0.29) is 29.9 Å². The number of hydrogen-bond donors (Lipinski definition) is 2. The van der Waals surface area contributed by atoms with Gasteiger partial charge in [-0.25, -0.2) is 9.18 Å². The second-order valence-electron chi connectivity index (χ2n) is 6.99. The van der Waals surface area contributed by atoms with Crippen molar-refractivity contribution in [2.45, 2.75) is 38.1 Å².